The van der Waals surface area contributed by atoms with Gasteiger partial charge in [-0.1, -0.05) is 133 Å². The van der Waals surface area contributed by atoms with Gasteiger partial charge in [-0.15, -0.1) is 0 Å². The number of furan rings is 1. The van der Waals surface area contributed by atoms with Crippen LogP contribution >= 0.6 is 0 Å². The molecule has 244 valence electrons. The Morgan fingerprint density at radius 2 is 0.865 bits per heavy atom. The zero-order valence-electron chi connectivity index (χ0n) is 27.9. The first kappa shape index (κ1) is 29.8. The van der Waals surface area contributed by atoms with Crippen molar-refractivity contribution in [1.29, 1.82) is 0 Å². The summed E-state index contributed by atoms with van der Waals surface area (Å²) in [5, 5.41) is 1.88. The van der Waals surface area contributed by atoms with Crippen LogP contribution in [0.2, 0.25) is 0 Å². The number of rotatable bonds is 6. The van der Waals surface area contributed by atoms with Crippen molar-refractivity contribution >= 4 is 33.0 Å². The van der Waals surface area contributed by atoms with E-state index in [4.69, 9.17) is 23.8 Å². The van der Waals surface area contributed by atoms with Gasteiger partial charge in [-0.2, -0.15) is 0 Å². The minimum atomic E-state index is 0.546. The fourth-order valence-electron chi connectivity index (χ4n) is 7.04. The quantitative estimate of drug-likeness (QED) is 0.177. The van der Waals surface area contributed by atoms with Gasteiger partial charge in [0.15, 0.2) is 11.4 Å². The Morgan fingerprint density at radius 1 is 0.327 bits per heavy atom. The second kappa shape index (κ2) is 12.3. The lowest BCUT2D eigenvalue weighted by atomic mass is 9.98. The van der Waals surface area contributed by atoms with Crippen LogP contribution in [0, 0.1) is 0 Å². The van der Waals surface area contributed by atoms with Crippen LogP contribution in [0.5, 0.6) is 0 Å². The zero-order valence-corrected chi connectivity index (χ0v) is 27.9. The van der Waals surface area contributed by atoms with Crippen LogP contribution in [0.1, 0.15) is 0 Å². The molecule has 0 atom stereocenters. The van der Waals surface area contributed by atoms with E-state index in [1.807, 2.05) is 66.7 Å². The number of para-hydroxylation sites is 2. The predicted octanol–water partition coefficient (Wildman–Crippen LogP) is 12.5. The topological polar surface area (TPSA) is 65.0 Å². The third-order valence-electron chi connectivity index (χ3n) is 9.56. The van der Waals surface area contributed by atoms with Crippen molar-refractivity contribution in [3.8, 4) is 67.6 Å². The fraction of sp³-hybridized carbons (Fsp3) is 0. The highest BCUT2D eigenvalue weighted by Crippen LogP contribution is 2.42. The summed E-state index contributed by atoms with van der Waals surface area (Å²) >= 11 is 0. The molecule has 0 saturated heterocycles. The largest absolute Gasteiger partial charge is 0.456 e. The maximum Gasteiger partial charge on any atom is 0.228 e. The minimum absolute atomic E-state index is 0.546. The van der Waals surface area contributed by atoms with Gasteiger partial charge in [0.05, 0.1) is 11.4 Å². The molecule has 0 unspecified atom stereocenters. The van der Waals surface area contributed by atoms with Crippen LogP contribution in [-0.4, -0.2) is 15.0 Å². The second-order valence-corrected chi connectivity index (χ2v) is 12.8. The Hall–Kier alpha value is -7.11. The molecule has 5 heteroatoms. The lowest BCUT2D eigenvalue weighted by Crippen LogP contribution is -1.96. The highest BCUT2D eigenvalue weighted by Gasteiger charge is 2.21. The summed E-state index contributed by atoms with van der Waals surface area (Å²) < 4.78 is 12.8. The summed E-state index contributed by atoms with van der Waals surface area (Å²) in [6.07, 6.45) is 0. The van der Waals surface area contributed by atoms with E-state index in [-0.39, 0.29) is 0 Å². The Labute approximate surface area is 299 Å². The average molecular weight is 668 g/mol. The van der Waals surface area contributed by atoms with Gasteiger partial charge in [0, 0.05) is 33.0 Å². The van der Waals surface area contributed by atoms with Gasteiger partial charge in [-0.05, 0) is 64.7 Å². The van der Waals surface area contributed by atoms with Gasteiger partial charge in [0.2, 0.25) is 5.89 Å². The van der Waals surface area contributed by atoms with Crippen molar-refractivity contribution in [2.45, 2.75) is 0 Å². The number of nitrogens with zero attached hydrogens (tertiary/aromatic N) is 3. The van der Waals surface area contributed by atoms with Crippen molar-refractivity contribution in [2.24, 2.45) is 0 Å². The van der Waals surface area contributed by atoms with Gasteiger partial charge >= 0.3 is 0 Å². The Morgan fingerprint density at radius 3 is 1.62 bits per heavy atom. The normalized spacial score (nSPS) is 11.5. The highest BCUT2D eigenvalue weighted by molar-refractivity contribution is 6.17. The van der Waals surface area contributed by atoms with Gasteiger partial charge in [-0.25, -0.2) is 15.0 Å². The Bertz CT molecular complexity index is 2860. The number of oxazole rings is 1. The first-order valence-corrected chi connectivity index (χ1v) is 17.3. The molecule has 0 aliphatic carbocycles. The van der Waals surface area contributed by atoms with Crippen molar-refractivity contribution in [3.05, 3.63) is 176 Å². The summed E-state index contributed by atoms with van der Waals surface area (Å²) in [4.78, 5) is 15.3. The van der Waals surface area contributed by atoms with E-state index in [9.17, 15) is 0 Å². The minimum Gasteiger partial charge on any atom is -0.456 e. The molecular weight excluding hydrogens is 639 g/mol. The summed E-state index contributed by atoms with van der Waals surface area (Å²) in [5.74, 6) is 1.19. The number of hydrogen-bond donors (Lipinski definition) is 0. The number of aromatic nitrogens is 3. The summed E-state index contributed by atoms with van der Waals surface area (Å²) in [5.41, 5.74) is 13.0. The van der Waals surface area contributed by atoms with E-state index < -0.39 is 0 Å². The third kappa shape index (κ3) is 5.24. The van der Waals surface area contributed by atoms with E-state index in [1.165, 1.54) is 5.56 Å². The molecule has 52 heavy (non-hydrogen) atoms. The van der Waals surface area contributed by atoms with Gasteiger partial charge in [0.25, 0.3) is 0 Å². The smallest absolute Gasteiger partial charge is 0.228 e. The molecule has 10 aromatic rings. The van der Waals surface area contributed by atoms with E-state index in [2.05, 4.69) is 109 Å². The molecule has 10 rings (SSSR count). The molecule has 0 radical (unpaired) electrons. The van der Waals surface area contributed by atoms with Gasteiger partial charge < -0.3 is 8.83 Å². The third-order valence-corrected chi connectivity index (χ3v) is 9.56. The van der Waals surface area contributed by atoms with Gasteiger partial charge in [0.1, 0.15) is 16.7 Å². The number of fused-ring (bicyclic) bond motifs is 4. The molecule has 7 aromatic carbocycles. The molecule has 0 aliphatic heterocycles. The average Bonchev–Trinajstić information content (AvgIpc) is 3.84. The summed E-state index contributed by atoms with van der Waals surface area (Å²) in [6, 6.07) is 59.9. The monoisotopic (exact) mass is 667 g/mol. The van der Waals surface area contributed by atoms with Crippen LogP contribution in [0.3, 0.4) is 0 Å². The molecule has 0 amide bonds. The van der Waals surface area contributed by atoms with E-state index >= 15 is 0 Å². The number of benzene rings is 7. The number of hydrogen-bond acceptors (Lipinski definition) is 5. The molecule has 0 bridgehead atoms. The molecule has 0 N–H and O–H groups in total. The Balaban J connectivity index is 1.19. The summed E-state index contributed by atoms with van der Waals surface area (Å²) in [6.45, 7) is 0. The van der Waals surface area contributed by atoms with Crippen LogP contribution < -0.4 is 0 Å². The molecule has 0 aliphatic rings. The lowest BCUT2D eigenvalue weighted by molar-refractivity contribution is 0.620. The lowest BCUT2D eigenvalue weighted by Gasteiger charge is -2.12. The fourth-order valence-corrected chi connectivity index (χ4v) is 7.04. The summed E-state index contributed by atoms with van der Waals surface area (Å²) in [7, 11) is 0. The van der Waals surface area contributed by atoms with E-state index in [1.54, 1.807) is 0 Å². The molecule has 0 saturated carbocycles. The van der Waals surface area contributed by atoms with E-state index in [0.717, 1.165) is 83.4 Å². The molecule has 0 spiro atoms. The van der Waals surface area contributed by atoms with Crippen LogP contribution in [0.25, 0.3) is 101 Å². The molecule has 3 heterocycles. The highest BCUT2D eigenvalue weighted by atomic mass is 16.3. The maximum absolute atomic E-state index is 6.49. The first-order valence-electron chi connectivity index (χ1n) is 17.3. The van der Waals surface area contributed by atoms with Crippen LogP contribution in [-0.2, 0) is 0 Å². The van der Waals surface area contributed by atoms with Crippen molar-refractivity contribution < 1.29 is 8.83 Å². The standard InChI is InChI=1S/C47H29N3O2/c1-3-12-30(13-4-1)32-24-26-33(27-25-32)39-29-40(49-46(48-39)35-17-9-16-34(28-35)31-14-5-2-6-15-31)36-18-10-22-42-44(36)45-37(19-11-23-43(45)51-42)47-50-38-20-7-8-21-41(38)52-47/h1-29H. The molecule has 3 aromatic heterocycles. The van der Waals surface area contributed by atoms with Crippen LogP contribution in [0.4, 0.5) is 0 Å². The molecular formula is C47H29N3O2. The van der Waals surface area contributed by atoms with Crippen LogP contribution in [0.15, 0.2) is 185 Å². The first-order chi connectivity index (χ1) is 25.7. The zero-order chi connectivity index (χ0) is 34.4. The predicted molar refractivity (Wildman–Crippen MR) is 209 cm³/mol. The van der Waals surface area contributed by atoms with Crippen molar-refractivity contribution in [2.75, 3.05) is 0 Å². The van der Waals surface area contributed by atoms with Crippen molar-refractivity contribution in [3.63, 3.8) is 0 Å². The van der Waals surface area contributed by atoms with E-state index in [0.29, 0.717) is 11.7 Å². The SMILES string of the molecule is c1ccc(-c2ccc(-c3cc(-c4cccc5oc6cccc(-c7nc8ccccc8o7)c6c45)nc(-c4cccc(-c5ccccc5)c4)n3)cc2)cc1. The van der Waals surface area contributed by atoms with Gasteiger partial charge in [-0.3, -0.25) is 0 Å². The second-order valence-electron chi connectivity index (χ2n) is 12.8. The van der Waals surface area contributed by atoms with Crippen molar-refractivity contribution in [1.82, 2.24) is 15.0 Å². The Kier molecular flexibility index (Phi) is 7.07. The molecule has 5 nitrogen and oxygen atoms in total. The molecule has 0 fully saturated rings. The maximum atomic E-state index is 6.49.